The van der Waals surface area contributed by atoms with Crippen molar-refractivity contribution < 1.29 is 9.53 Å². The molecule has 1 N–H and O–H groups in total. The molecule has 0 aliphatic rings. The largest absolute Gasteiger partial charge is 0.496 e. The number of rotatable bonds is 6. The second-order valence-electron chi connectivity index (χ2n) is 4.63. The highest BCUT2D eigenvalue weighted by molar-refractivity contribution is 5.96. The van der Waals surface area contributed by atoms with E-state index < -0.39 is 0 Å². The summed E-state index contributed by atoms with van der Waals surface area (Å²) in [4.78, 5) is 18.2. The average Bonchev–Trinajstić information content (AvgIpc) is 2.53. The molecule has 0 radical (unpaired) electrons. The van der Waals surface area contributed by atoms with Crippen LogP contribution in [0.15, 0.2) is 30.5 Å². The lowest BCUT2D eigenvalue weighted by molar-refractivity contribution is -0.128. The van der Waals surface area contributed by atoms with E-state index in [1.807, 2.05) is 38.1 Å². The van der Waals surface area contributed by atoms with Crippen LogP contribution in [0, 0.1) is 0 Å². The number of benzene rings is 1. The van der Waals surface area contributed by atoms with E-state index in [0.29, 0.717) is 18.9 Å². The Morgan fingerprint density at radius 3 is 2.67 bits per heavy atom. The predicted molar refractivity (Wildman–Crippen MR) is 84.7 cm³/mol. The number of carbonyl (C=O) groups excluding carboxylic acids is 1. The first kappa shape index (κ1) is 15.1. The van der Waals surface area contributed by atoms with Crippen molar-refractivity contribution in [3.63, 3.8) is 0 Å². The van der Waals surface area contributed by atoms with E-state index in [0.717, 1.165) is 16.5 Å². The molecule has 0 aliphatic carbocycles. The second-order valence-corrected chi connectivity index (χ2v) is 4.63. The number of carbonyl (C=O) groups is 1. The van der Waals surface area contributed by atoms with Crippen LogP contribution < -0.4 is 10.1 Å². The Morgan fingerprint density at radius 1 is 1.24 bits per heavy atom. The molecule has 0 saturated heterocycles. The van der Waals surface area contributed by atoms with Crippen molar-refractivity contribution in [2.75, 3.05) is 32.1 Å². The van der Waals surface area contributed by atoms with Gasteiger partial charge in [0.1, 0.15) is 11.6 Å². The van der Waals surface area contributed by atoms with Crippen molar-refractivity contribution in [3.05, 3.63) is 30.5 Å². The van der Waals surface area contributed by atoms with Gasteiger partial charge in [0.2, 0.25) is 5.91 Å². The zero-order valence-corrected chi connectivity index (χ0v) is 12.7. The highest BCUT2D eigenvalue weighted by atomic mass is 16.5. The summed E-state index contributed by atoms with van der Waals surface area (Å²) < 4.78 is 5.35. The van der Waals surface area contributed by atoms with Crippen molar-refractivity contribution in [1.29, 1.82) is 0 Å². The normalized spacial score (nSPS) is 10.4. The number of amides is 1. The fourth-order valence-corrected chi connectivity index (χ4v) is 2.34. The summed E-state index contributed by atoms with van der Waals surface area (Å²) in [6.45, 7) is 5.62. The fraction of sp³-hybridized carbons (Fsp3) is 0.375. The molecule has 5 nitrogen and oxygen atoms in total. The summed E-state index contributed by atoms with van der Waals surface area (Å²) in [5.74, 6) is 1.57. The van der Waals surface area contributed by atoms with Crippen LogP contribution in [0.4, 0.5) is 5.82 Å². The van der Waals surface area contributed by atoms with E-state index in [1.165, 1.54) is 0 Å². The van der Waals surface area contributed by atoms with Crippen LogP contribution in [0.2, 0.25) is 0 Å². The van der Waals surface area contributed by atoms with Gasteiger partial charge in [-0.1, -0.05) is 12.1 Å². The molecule has 2 aromatic rings. The molecular weight excluding hydrogens is 266 g/mol. The number of ether oxygens (including phenoxy) is 1. The zero-order chi connectivity index (χ0) is 15.2. The number of nitrogens with zero attached hydrogens (tertiary/aromatic N) is 2. The SMILES string of the molecule is CCN(CC)C(=O)CNc1nccc2c(OC)cccc12. The summed E-state index contributed by atoms with van der Waals surface area (Å²) in [5, 5.41) is 5.06. The average molecular weight is 287 g/mol. The number of methoxy groups -OCH3 is 1. The third-order valence-electron chi connectivity index (χ3n) is 3.51. The monoisotopic (exact) mass is 287 g/mol. The van der Waals surface area contributed by atoms with Gasteiger partial charge in [0.05, 0.1) is 13.7 Å². The van der Waals surface area contributed by atoms with Crippen LogP contribution in [0.5, 0.6) is 5.75 Å². The molecule has 0 saturated carbocycles. The number of hydrogen-bond acceptors (Lipinski definition) is 4. The van der Waals surface area contributed by atoms with E-state index in [9.17, 15) is 4.79 Å². The maximum Gasteiger partial charge on any atom is 0.241 e. The Labute approximate surface area is 124 Å². The number of aromatic nitrogens is 1. The van der Waals surface area contributed by atoms with Gasteiger partial charge in [-0.15, -0.1) is 0 Å². The molecule has 5 heteroatoms. The number of nitrogens with one attached hydrogen (secondary N) is 1. The smallest absolute Gasteiger partial charge is 0.241 e. The van der Waals surface area contributed by atoms with E-state index in [1.54, 1.807) is 18.2 Å². The van der Waals surface area contributed by atoms with Crippen molar-refractivity contribution in [2.45, 2.75) is 13.8 Å². The lowest BCUT2D eigenvalue weighted by Crippen LogP contribution is -2.35. The quantitative estimate of drug-likeness (QED) is 0.887. The number of likely N-dealkylation sites (N-methyl/N-ethyl adjacent to an activating group) is 1. The van der Waals surface area contributed by atoms with Crippen molar-refractivity contribution in [3.8, 4) is 5.75 Å². The molecule has 0 aliphatic heterocycles. The Kier molecular flexibility index (Phi) is 4.98. The van der Waals surface area contributed by atoms with E-state index in [2.05, 4.69) is 10.3 Å². The second kappa shape index (κ2) is 6.92. The topological polar surface area (TPSA) is 54.5 Å². The molecule has 1 amide bonds. The Morgan fingerprint density at radius 2 is 2.00 bits per heavy atom. The number of anilines is 1. The molecule has 0 atom stereocenters. The third-order valence-corrected chi connectivity index (χ3v) is 3.51. The minimum absolute atomic E-state index is 0.0710. The van der Waals surface area contributed by atoms with Gasteiger partial charge in [-0.2, -0.15) is 0 Å². The molecule has 1 aromatic carbocycles. The lowest BCUT2D eigenvalue weighted by atomic mass is 10.1. The standard InChI is InChI=1S/C16H21N3O2/c1-4-19(5-2)15(20)11-18-16-13-7-6-8-14(21-3)12(13)9-10-17-16/h6-10H,4-5,11H2,1-3H3,(H,17,18). The predicted octanol–water partition coefficient (Wildman–Crippen LogP) is 2.52. The molecule has 2 rings (SSSR count). The molecule has 1 aromatic heterocycles. The van der Waals surface area contributed by atoms with Gasteiger partial charge in [0, 0.05) is 30.1 Å². The van der Waals surface area contributed by atoms with Crippen molar-refractivity contribution >= 4 is 22.5 Å². The first-order valence-corrected chi connectivity index (χ1v) is 7.14. The maximum atomic E-state index is 12.0. The fourth-order valence-electron chi connectivity index (χ4n) is 2.34. The van der Waals surface area contributed by atoms with Crippen LogP contribution in [-0.4, -0.2) is 42.5 Å². The summed E-state index contributed by atoms with van der Waals surface area (Å²) in [6.07, 6.45) is 1.72. The zero-order valence-electron chi connectivity index (χ0n) is 12.7. The highest BCUT2D eigenvalue weighted by Crippen LogP contribution is 2.28. The number of fused-ring (bicyclic) bond motifs is 1. The number of hydrogen-bond donors (Lipinski definition) is 1. The highest BCUT2D eigenvalue weighted by Gasteiger charge is 2.11. The van der Waals surface area contributed by atoms with Gasteiger partial charge < -0.3 is 15.0 Å². The molecule has 1 heterocycles. The van der Waals surface area contributed by atoms with Crippen molar-refractivity contribution in [1.82, 2.24) is 9.88 Å². The van der Waals surface area contributed by atoms with Gasteiger partial charge in [-0.25, -0.2) is 4.98 Å². The molecule has 0 bridgehead atoms. The molecule has 0 spiro atoms. The van der Waals surface area contributed by atoms with Gasteiger partial charge in [-0.05, 0) is 26.0 Å². The Bertz CT molecular complexity index is 624. The molecule has 21 heavy (non-hydrogen) atoms. The van der Waals surface area contributed by atoms with E-state index in [4.69, 9.17) is 4.74 Å². The van der Waals surface area contributed by atoms with Gasteiger partial charge in [0.15, 0.2) is 0 Å². The van der Waals surface area contributed by atoms with Crippen LogP contribution in [0.1, 0.15) is 13.8 Å². The molecule has 0 unspecified atom stereocenters. The van der Waals surface area contributed by atoms with Crippen molar-refractivity contribution in [2.24, 2.45) is 0 Å². The summed E-state index contributed by atoms with van der Waals surface area (Å²) in [5.41, 5.74) is 0. The summed E-state index contributed by atoms with van der Waals surface area (Å²) in [7, 11) is 1.65. The first-order chi connectivity index (χ1) is 10.2. The van der Waals surface area contributed by atoms with E-state index in [-0.39, 0.29) is 12.5 Å². The van der Waals surface area contributed by atoms with Crippen LogP contribution in [-0.2, 0) is 4.79 Å². The lowest BCUT2D eigenvalue weighted by Gasteiger charge is -2.19. The van der Waals surface area contributed by atoms with Gasteiger partial charge in [0.25, 0.3) is 0 Å². The molecule has 0 fully saturated rings. The Hall–Kier alpha value is -2.30. The minimum Gasteiger partial charge on any atom is -0.496 e. The first-order valence-electron chi connectivity index (χ1n) is 7.14. The minimum atomic E-state index is 0.0710. The van der Waals surface area contributed by atoms with Crippen LogP contribution in [0.3, 0.4) is 0 Å². The maximum absolute atomic E-state index is 12.0. The Balaban J connectivity index is 2.21. The third kappa shape index (κ3) is 3.24. The van der Waals surface area contributed by atoms with Crippen LogP contribution in [0.25, 0.3) is 10.8 Å². The van der Waals surface area contributed by atoms with Gasteiger partial charge >= 0.3 is 0 Å². The summed E-state index contributed by atoms with van der Waals surface area (Å²) >= 11 is 0. The van der Waals surface area contributed by atoms with Gasteiger partial charge in [-0.3, -0.25) is 4.79 Å². The molecular formula is C16H21N3O2. The van der Waals surface area contributed by atoms with Crippen LogP contribution >= 0.6 is 0 Å². The summed E-state index contributed by atoms with van der Waals surface area (Å²) in [6, 6.07) is 7.70. The van der Waals surface area contributed by atoms with E-state index >= 15 is 0 Å². The number of pyridine rings is 1. The molecule has 112 valence electrons.